The number of ether oxygens (including phenoxy) is 1. The summed E-state index contributed by atoms with van der Waals surface area (Å²) >= 11 is 0. The highest BCUT2D eigenvalue weighted by Gasteiger charge is 2.43. The van der Waals surface area contributed by atoms with E-state index in [-0.39, 0.29) is 5.91 Å². The second-order valence-electron chi connectivity index (χ2n) is 5.61. The van der Waals surface area contributed by atoms with Crippen LogP contribution in [-0.2, 0) is 7.05 Å². The molecule has 0 radical (unpaired) electrons. The molecule has 1 aromatic heterocycles. The van der Waals surface area contributed by atoms with Gasteiger partial charge in [0, 0.05) is 19.7 Å². The van der Waals surface area contributed by atoms with E-state index in [2.05, 4.69) is 10.4 Å². The Morgan fingerprint density at radius 3 is 2.65 bits per heavy atom. The number of nitrogens with zero attached hydrogens (tertiary/aromatic N) is 2. The van der Waals surface area contributed by atoms with Gasteiger partial charge in [0.05, 0.1) is 6.04 Å². The van der Waals surface area contributed by atoms with Crippen molar-refractivity contribution in [2.24, 2.45) is 7.05 Å². The molecule has 1 heterocycles. The molecule has 3 rings (SSSR count). The zero-order chi connectivity index (χ0) is 16.4. The van der Waals surface area contributed by atoms with E-state index >= 15 is 0 Å². The van der Waals surface area contributed by atoms with Crippen molar-refractivity contribution in [3.8, 4) is 5.75 Å². The minimum atomic E-state index is -1.08. The highest BCUT2D eigenvalue weighted by atomic mass is 16.5. The van der Waals surface area contributed by atoms with E-state index in [0.717, 1.165) is 0 Å². The number of carbonyl (C=O) groups excluding carboxylic acids is 1. The summed E-state index contributed by atoms with van der Waals surface area (Å²) in [7, 11) is 1.66. The van der Waals surface area contributed by atoms with Gasteiger partial charge in [0.15, 0.2) is 0 Å². The molecule has 0 unspecified atom stereocenters. The first-order chi connectivity index (χ1) is 11.1. The van der Waals surface area contributed by atoms with Gasteiger partial charge in [-0.05, 0) is 18.2 Å². The van der Waals surface area contributed by atoms with Crippen LogP contribution in [-0.4, -0.2) is 50.3 Å². The van der Waals surface area contributed by atoms with Crippen LogP contribution in [0.4, 0.5) is 0 Å². The van der Waals surface area contributed by atoms with Crippen molar-refractivity contribution in [1.82, 2.24) is 15.1 Å². The number of aliphatic hydroxyl groups is 2. The van der Waals surface area contributed by atoms with E-state index in [1.807, 2.05) is 18.2 Å². The molecule has 122 valence electrons. The number of hydrogen-bond acceptors (Lipinski definition) is 5. The van der Waals surface area contributed by atoms with E-state index in [9.17, 15) is 15.0 Å². The maximum Gasteiger partial charge on any atom is 0.269 e. The second-order valence-corrected chi connectivity index (χ2v) is 5.61. The lowest BCUT2D eigenvalue weighted by Crippen LogP contribution is -2.43. The summed E-state index contributed by atoms with van der Waals surface area (Å²) in [5, 5.41) is 27.0. The number of para-hydroxylation sites is 1. The largest absolute Gasteiger partial charge is 0.488 e. The van der Waals surface area contributed by atoms with Gasteiger partial charge < -0.3 is 20.3 Å². The van der Waals surface area contributed by atoms with Crippen molar-refractivity contribution >= 4 is 5.91 Å². The van der Waals surface area contributed by atoms with Crippen LogP contribution in [0, 0.1) is 0 Å². The molecule has 0 spiro atoms. The van der Waals surface area contributed by atoms with E-state index in [0.29, 0.717) is 17.9 Å². The number of hydrogen-bond donors (Lipinski definition) is 3. The normalized spacial score (nSPS) is 26.9. The third-order valence-corrected chi connectivity index (χ3v) is 4.03. The van der Waals surface area contributed by atoms with Gasteiger partial charge in [-0.2, -0.15) is 5.10 Å². The van der Waals surface area contributed by atoms with Gasteiger partial charge in [-0.1, -0.05) is 18.2 Å². The van der Waals surface area contributed by atoms with Crippen LogP contribution in [0.3, 0.4) is 0 Å². The maximum atomic E-state index is 12.2. The number of aliphatic hydroxyl groups excluding tert-OH is 2. The first-order valence-corrected chi connectivity index (χ1v) is 7.43. The van der Waals surface area contributed by atoms with Crippen molar-refractivity contribution < 1.29 is 19.7 Å². The van der Waals surface area contributed by atoms with E-state index < -0.39 is 24.4 Å². The summed E-state index contributed by atoms with van der Waals surface area (Å²) in [4.78, 5) is 12.2. The van der Waals surface area contributed by atoms with Gasteiger partial charge in [-0.25, -0.2) is 0 Å². The number of aryl methyl sites for hydroxylation is 1. The van der Waals surface area contributed by atoms with Crippen LogP contribution in [0.5, 0.6) is 5.75 Å². The van der Waals surface area contributed by atoms with Crippen LogP contribution in [0.15, 0.2) is 42.6 Å². The monoisotopic (exact) mass is 317 g/mol. The number of amides is 1. The summed E-state index contributed by atoms with van der Waals surface area (Å²) in [6, 6.07) is 10.1. The summed E-state index contributed by atoms with van der Waals surface area (Å²) in [5.41, 5.74) is 0.388. The third kappa shape index (κ3) is 3.20. The lowest BCUT2D eigenvalue weighted by molar-refractivity contribution is -0.0135. The second kappa shape index (κ2) is 6.39. The fourth-order valence-corrected chi connectivity index (χ4v) is 2.76. The predicted molar refractivity (Wildman–Crippen MR) is 82.0 cm³/mol. The van der Waals surface area contributed by atoms with Gasteiger partial charge in [0.1, 0.15) is 29.8 Å². The van der Waals surface area contributed by atoms with E-state index in [1.54, 1.807) is 25.2 Å². The van der Waals surface area contributed by atoms with Gasteiger partial charge in [0.2, 0.25) is 0 Å². The number of aromatic nitrogens is 2. The van der Waals surface area contributed by atoms with Crippen LogP contribution in [0.2, 0.25) is 0 Å². The Hall–Kier alpha value is -2.38. The molecule has 23 heavy (non-hydrogen) atoms. The Balaban J connectivity index is 1.65. The Morgan fingerprint density at radius 1 is 1.26 bits per heavy atom. The highest BCUT2D eigenvalue weighted by Crippen LogP contribution is 2.26. The number of rotatable bonds is 4. The van der Waals surface area contributed by atoms with Crippen molar-refractivity contribution in [2.45, 2.75) is 30.8 Å². The van der Waals surface area contributed by atoms with Crippen molar-refractivity contribution in [3.05, 3.63) is 48.3 Å². The van der Waals surface area contributed by atoms with Crippen LogP contribution in [0.25, 0.3) is 0 Å². The Kier molecular flexibility index (Phi) is 4.31. The fourth-order valence-electron chi connectivity index (χ4n) is 2.76. The van der Waals surface area contributed by atoms with Crippen LogP contribution >= 0.6 is 0 Å². The van der Waals surface area contributed by atoms with Gasteiger partial charge in [0.25, 0.3) is 5.91 Å². The Morgan fingerprint density at radius 2 is 2.00 bits per heavy atom. The standard InChI is InChI=1S/C16H19N3O4/c1-19-12(7-8-17-19)16(22)18-11-9-13(15(21)14(11)20)23-10-5-3-2-4-6-10/h2-8,11,13-15,20-21H,9H2,1H3,(H,18,22)/t11-,13-,14+,15+/m1/s1. The SMILES string of the molecule is Cn1nccc1C(=O)N[C@@H]1C[C@@H](Oc2ccccc2)[C@H](O)[C@H]1O. The molecule has 0 aliphatic heterocycles. The molecule has 7 nitrogen and oxygen atoms in total. The quantitative estimate of drug-likeness (QED) is 0.743. The molecule has 1 fully saturated rings. The maximum absolute atomic E-state index is 12.2. The molecular formula is C16H19N3O4. The third-order valence-electron chi connectivity index (χ3n) is 4.03. The molecule has 0 bridgehead atoms. The summed E-state index contributed by atoms with van der Waals surface area (Å²) in [5.74, 6) is 0.268. The molecule has 4 atom stereocenters. The molecule has 2 aromatic rings. The number of nitrogens with one attached hydrogen (secondary N) is 1. The van der Waals surface area contributed by atoms with E-state index in [1.165, 1.54) is 10.9 Å². The summed E-state index contributed by atoms with van der Waals surface area (Å²) in [6.07, 6.45) is -0.881. The van der Waals surface area contributed by atoms with Crippen molar-refractivity contribution in [1.29, 1.82) is 0 Å². The minimum absolute atomic E-state index is 0.320. The molecule has 1 aliphatic carbocycles. The summed E-state index contributed by atoms with van der Waals surface area (Å²) < 4.78 is 7.15. The molecular weight excluding hydrogens is 298 g/mol. The topological polar surface area (TPSA) is 96.6 Å². The number of carbonyl (C=O) groups is 1. The fraction of sp³-hybridized carbons (Fsp3) is 0.375. The lowest BCUT2D eigenvalue weighted by Gasteiger charge is -2.18. The molecule has 1 aliphatic rings. The van der Waals surface area contributed by atoms with Crippen LogP contribution < -0.4 is 10.1 Å². The molecule has 7 heteroatoms. The number of benzene rings is 1. The van der Waals surface area contributed by atoms with Gasteiger partial charge in [-0.15, -0.1) is 0 Å². The summed E-state index contributed by atoms with van der Waals surface area (Å²) in [6.45, 7) is 0. The smallest absolute Gasteiger partial charge is 0.269 e. The molecule has 1 aromatic carbocycles. The molecule has 1 saturated carbocycles. The lowest BCUT2D eigenvalue weighted by atomic mass is 10.2. The molecule has 3 N–H and O–H groups in total. The first-order valence-electron chi connectivity index (χ1n) is 7.43. The average molecular weight is 317 g/mol. The van der Waals surface area contributed by atoms with Crippen molar-refractivity contribution in [3.63, 3.8) is 0 Å². The first kappa shape index (κ1) is 15.5. The predicted octanol–water partition coefficient (Wildman–Crippen LogP) is 0.0916. The Bertz CT molecular complexity index is 673. The minimum Gasteiger partial charge on any atom is -0.488 e. The van der Waals surface area contributed by atoms with Crippen molar-refractivity contribution in [2.75, 3.05) is 0 Å². The highest BCUT2D eigenvalue weighted by molar-refractivity contribution is 5.92. The van der Waals surface area contributed by atoms with Gasteiger partial charge >= 0.3 is 0 Å². The van der Waals surface area contributed by atoms with E-state index in [4.69, 9.17) is 4.74 Å². The Labute approximate surface area is 133 Å². The molecule has 1 amide bonds. The zero-order valence-corrected chi connectivity index (χ0v) is 12.7. The van der Waals surface area contributed by atoms with Crippen LogP contribution in [0.1, 0.15) is 16.9 Å². The zero-order valence-electron chi connectivity index (χ0n) is 12.7. The van der Waals surface area contributed by atoms with Gasteiger partial charge in [-0.3, -0.25) is 9.48 Å². The molecule has 0 saturated heterocycles. The average Bonchev–Trinajstić information content (AvgIpc) is 3.08.